The molecule has 0 saturated heterocycles. The van der Waals surface area contributed by atoms with Crippen LogP contribution in [0.4, 0.5) is 4.39 Å². The predicted octanol–water partition coefficient (Wildman–Crippen LogP) is 2.52. The van der Waals surface area contributed by atoms with Gasteiger partial charge in [-0.2, -0.15) is 0 Å². The molecule has 0 radical (unpaired) electrons. The lowest BCUT2D eigenvalue weighted by Crippen LogP contribution is -2.02. The van der Waals surface area contributed by atoms with Crippen LogP contribution >= 0.6 is 0 Å². The quantitative estimate of drug-likeness (QED) is 0.766. The second-order valence-electron chi connectivity index (χ2n) is 3.71. The van der Waals surface area contributed by atoms with Crippen molar-refractivity contribution in [2.45, 2.75) is 19.4 Å². The molecule has 80 valence electrons. The number of rotatable bonds is 4. The molecule has 0 amide bonds. The van der Waals surface area contributed by atoms with Gasteiger partial charge in [0.1, 0.15) is 5.82 Å². The van der Waals surface area contributed by atoms with Gasteiger partial charge in [-0.1, -0.05) is 0 Å². The summed E-state index contributed by atoms with van der Waals surface area (Å²) >= 11 is 0. The molecule has 0 fully saturated rings. The van der Waals surface area contributed by atoms with Crippen LogP contribution in [-0.4, -0.2) is 11.1 Å². The van der Waals surface area contributed by atoms with E-state index in [1.807, 2.05) is 18.3 Å². The summed E-state index contributed by atoms with van der Waals surface area (Å²) in [5.74, 6) is -0.179. The molecule has 15 heavy (non-hydrogen) atoms. The van der Waals surface area contributed by atoms with Gasteiger partial charge in [0, 0.05) is 12.7 Å². The third kappa shape index (κ3) is 2.18. The van der Waals surface area contributed by atoms with Crippen molar-refractivity contribution in [3.63, 3.8) is 0 Å². The van der Waals surface area contributed by atoms with E-state index >= 15 is 0 Å². The van der Waals surface area contributed by atoms with Crippen LogP contribution < -0.4 is 5.73 Å². The number of halogens is 1. The first kappa shape index (κ1) is 10.2. The van der Waals surface area contributed by atoms with E-state index in [-0.39, 0.29) is 5.82 Å². The fourth-order valence-electron chi connectivity index (χ4n) is 1.78. The molecule has 0 saturated carbocycles. The van der Waals surface area contributed by atoms with Crippen molar-refractivity contribution >= 4 is 10.9 Å². The minimum atomic E-state index is -0.179. The van der Waals surface area contributed by atoms with Crippen LogP contribution in [0.1, 0.15) is 12.8 Å². The summed E-state index contributed by atoms with van der Waals surface area (Å²) in [7, 11) is 0. The van der Waals surface area contributed by atoms with Gasteiger partial charge < -0.3 is 10.3 Å². The summed E-state index contributed by atoms with van der Waals surface area (Å²) in [6.45, 7) is 1.62. The number of hydrogen-bond donors (Lipinski definition) is 1. The van der Waals surface area contributed by atoms with Crippen LogP contribution in [0.5, 0.6) is 0 Å². The number of aromatic nitrogens is 1. The third-order valence-electron chi connectivity index (χ3n) is 2.59. The topological polar surface area (TPSA) is 30.9 Å². The average molecular weight is 206 g/mol. The van der Waals surface area contributed by atoms with Gasteiger partial charge in [0.2, 0.25) is 0 Å². The van der Waals surface area contributed by atoms with Crippen LogP contribution in [0, 0.1) is 5.82 Å². The Morgan fingerprint density at radius 2 is 2.07 bits per heavy atom. The largest absolute Gasteiger partial charge is 0.347 e. The standard InChI is InChI=1S/C12H15FN2/c13-11-4-3-10-5-8-15(12(10)9-11)7-2-1-6-14/h3-5,8-9H,1-2,6-7,14H2. The highest BCUT2D eigenvalue weighted by Gasteiger charge is 2.01. The van der Waals surface area contributed by atoms with Crippen LogP contribution in [0.25, 0.3) is 10.9 Å². The van der Waals surface area contributed by atoms with E-state index in [1.165, 1.54) is 6.07 Å². The van der Waals surface area contributed by atoms with Crippen LogP contribution in [0.15, 0.2) is 30.5 Å². The Hall–Kier alpha value is -1.35. The van der Waals surface area contributed by atoms with E-state index in [2.05, 4.69) is 4.57 Å². The minimum Gasteiger partial charge on any atom is -0.347 e. The molecule has 1 aromatic carbocycles. The molecule has 1 heterocycles. The monoisotopic (exact) mass is 206 g/mol. The fourth-order valence-corrected chi connectivity index (χ4v) is 1.78. The lowest BCUT2D eigenvalue weighted by atomic mass is 10.2. The molecule has 3 heteroatoms. The highest BCUT2D eigenvalue weighted by atomic mass is 19.1. The number of benzene rings is 1. The Kier molecular flexibility index (Phi) is 3.02. The van der Waals surface area contributed by atoms with E-state index in [9.17, 15) is 4.39 Å². The van der Waals surface area contributed by atoms with Gasteiger partial charge in [0.05, 0.1) is 5.52 Å². The summed E-state index contributed by atoms with van der Waals surface area (Å²) in [5.41, 5.74) is 6.40. The van der Waals surface area contributed by atoms with Crippen molar-refractivity contribution in [1.82, 2.24) is 4.57 Å². The maximum Gasteiger partial charge on any atom is 0.125 e. The molecular weight excluding hydrogens is 191 g/mol. The molecule has 0 spiro atoms. The van der Waals surface area contributed by atoms with Crippen LogP contribution in [-0.2, 0) is 6.54 Å². The normalized spacial score (nSPS) is 11.1. The van der Waals surface area contributed by atoms with Crippen molar-refractivity contribution in [2.75, 3.05) is 6.54 Å². The Balaban J connectivity index is 2.23. The Morgan fingerprint density at radius 3 is 2.87 bits per heavy atom. The Labute approximate surface area is 88.5 Å². The molecule has 1 aromatic heterocycles. The zero-order chi connectivity index (χ0) is 10.7. The van der Waals surface area contributed by atoms with Gasteiger partial charge >= 0.3 is 0 Å². The smallest absolute Gasteiger partial charge is 0.125 e. The van der Waals surface area contributed by atoms with Crippen molar-refractivity contribution in [3.8, 4) is 0 Å². The summed E-state index contributed by atoms with van der Waals surface area (Å²) in [4.78, 5) is 0. The van der Waals surface area contributed by atoms with Gasteiger partial charge in [-0.3, -0.25) is 0 Å². The molecule has 0 atom stereocenters. The Bertz CT molecular complexity index is 448. The zero-order valence-electron chi connectivity index (χ0n) is 8.62. The van der Waals surface area contributed by atoms with Crippen LogP contribution in [0.2, 0.25) is 0 Å². The second kappa shape index (κ2) is 4.45. The lowest BCUT2D eigenvalue weighted by Gasteiger charge is -2.04. The molecule has 2 N–H and O–H groups in total. The van der Waals surface area contributed by atoms with Crippen molar-refractivity contribution < 1.29 is 4.39 Å². The Morgan fingerprint density at radius 1 is 1.20 bits per heavy atom. The molecular formula is C12H15FN2. The summed E-state index contributed by atoms with van der Waals surface area (Å²) in [5, 5.41) is 1.09. The zero-order valence-corrected chi connectivity index (χ0v) is 8.62. The molecule has 2 aromatic rings. The molecule has 0 bridgehead atoms. The molecule has 2 nitrogen and oxygen atoms in total. The predicted molar refractivity (Wildman–Crippen MR) is 60.2 cm³/mol. The molecule has 0 unspecified atom stereocenters. The highest BCUT2D eigenvalue weighted by molar-refractivity contribution is 5.80. The van der Waals surface area contributed by atoms with E-state index in [0.29, 0.717) is 6.54 Å². The highest BCUT2D eigenvalue weighted by Crippen LogP contribution is 2.17. The van der Waals surface area contributed by atoms with Gasteiger partial charge in [-0.05, 0) is 49.0 Å². The molecule has 0 aliphatic rings. The van der Waals surface area contributed by atoms with E-state index < -0.39 is 0 Å². The van der Waals surface area contributed by atoms with Gasteiger partial charge in [0.15, 0.2) is 0 Å². The van der Waals surface area contributed by atoms with Crippen molar-refractivity contribution in [1.29, 1.82) is 0 Å². The summed E-state index contributed by atoms with van der Waals surface area (Å²) < 4.78 is 15.1. The van der Waals surface area contributed by atoms with Crippen LogP contribution in [0.3, 0.4) is 0 Å². The number of nitrogens with zero attached hydrogens (tertiary/aromatic N) is 1. The average Bonchev–Trinajstić information content (AvgIpc) is 2.62. The van der Waals surface area contributed by atoms with Crippen molar-refractivity contribution in [2.24, 2.45) is 5.73 Å². The first-order valence-electron chi connectivity index (χ1n) is 5.26. The first-order chi connectivity index (χ1) is 7.31. The minimum absolute atomic E-state index is 0.179. The number of hydrogen-bond acceptors (Lipinski definition) is 1. The van der Waals surface area contributed by atoms with Gasteiger partial charge in [-0.25, -0.2) is 4.39 Å². The molecule has 0 aliphatic heterocycles. The number of fused-ring (bicyclic) bond motifs is 1. The van der Waals surface area contributed by atoms with E-state index in [0.717, 1.165) is 30.3 Å². The fraction of sp³-hybridized carbons (Fsp3) is 0.333. The summed E-state index contributed by atoms with van der Waals surface area (Å²) in [6.07, 6.45) is 4.05. The number of unbranched alkanes of at least 4 members (excludes halogenated alkanes) is 1. The lowest BCUT2D eigenvalue weighted by molar-refractivity contribution is 0.618. The SMILES string of the molecule is NCCCCn1ccc2ccc(F)cc21. The van der Waals surface area contributed by atoms with E-state index in [1.54, 1.807) is 6.07 Å². The third-order valence-corrected chi connectivity index (χ3v) is 2.59. The summed E-state index contributed by atoms with van der Waals surface area (Å²) in [6, 6.07) is 6.89. The second-order valence-corrected chi connectivity index (χ2v) is 3.71. The maximum atomic E-state index is 13.0. The maximum absolute atomic E-state index is 13.0. The van der Waals surface area contributed by atoms with Gasteiger partial charge in [-0.15, -0.1) is 0 Å². The first-order valence-corrected chi connectivity index (χ1v) is 5.26. The van der Waals surface area contributed by atoms with Crippen molar-refractivity contribution in [3.05, 3.63) is 36.3 Å². The number of aryl methyl sites for hydroxylation is 1. The van der Waals surface area contributed by atoms with Gasteiger partial charge in [0.25, 0.3) is 0 Å². The van der Waals surface area contributed by atoms with E-state index in [4.69, 9.17) is 5.73 Å². The molecule has 2 rings (SSSR count). The molecule has 0 aliphatic carbocycles. The number of nitrogens with two attached hydrogens (primary N) is 1.